The summed E-state index contributed by atoms with van der Waals surface area (Å²) in [5, 5.41) is 29.2. The summed E-state index contributed by atoms with van der Waals surface area (Å²) in [6.45, 7) is 11.4. The lowest BCUT2D eigenvalue weighted by atomic mass is 9.92. The fourth-order valence-electron chi connectivity index (χ4n) is 5.38. The molecule has 0 radical (unpaired) electrons. The Hall–Kier alpha value is -2.28. The van der Waals surface area contributed by atoms with Gasteiger partial charge in [-0.25, -0.2) is 9.59 Å². The smallest absolute Gasteiger partial charge is 0.341 e. The van der Waals surface area contributed by atoms with Crippen LogP contribution in [0.5, 0.6) is 0 Å². The maximum Gasteiger partial charge on any atom is 0.341 e. The molecule has 2 heterocycles. The molecule has 2 aromatic carbocycles. The lowest BCUT2D eigenvalue weighted by molar-refractivity contribution is -0.289. The number of carbonyl (C=O) groups excluding carboxylic acids is 2. The first-order chi connectivity index (χ1) is 19.5. The van der Waals surface area contributed by atoms with Gasteiger partial charge in [0.15, 0.2) is 12.2 Å². The van der Waals surface area contributed by atoms with Crippen LogP contribution in [-0.4, -0.2) is 70.7 Å². The number of esters is 2. The zero-order valence-corrected chi connectivity index (χ0v) is 26.0. The third kappa shape index (κ3) is 6.61. The number of benzene rings is 2. The molecule has 12 heteroatoms. The summed E-state index contributed by atoms with van der Waals surface area (Å²) in [6, 6.07) is 11.9. The summed E-state index contributed by atoms with van der Waals surface area (Å²) in [7, 11) is 0. The number of halogens is 2. The van der Waals surface area contributed by atoms with Crippen molar-refractivity contribution < 1.29 is 38.7 Å². The Morgan fingerprint density at radius 1 is 0.786 bits per heavy atom. The topological polar surface area (TPSA) is 136 Å². The first-order valence-corrected chi connectivity index (χ1v) is 14.4. The van der Waals surface area contributed by atoms with Crippen LogP contribution in [0, 0.1) is 0 Å². The molecule has 2 saturated heterocycles. The lowest BCUT2D eigenvalue weighted by Crippen LogP contribution is -2.65. The number of nitrogens with one attached hydrogen (secondary N) is 2. The summed E-state index contributed by atoms with van der Waals surface area (Å²) < 4.78 is 23.8. The minimum atomic E-state index is -2.32. The van der Waals surface area contributed by atoms with Crippen molar-refractivity contribution in [2.75, 3.05) is 13.2 Å². The molecule has 2 aromatic rings. The summed E-state index contributed by atoms with van der Waals surface area (Å²) in [6.07, 6.45) is -4.64. The molecule has 4 N–H and O–H groups in total. The fourth-order valence-corrected chi connectivity index (χ4v) is 5.76. The minimum Gasteiger partial charge on any atom is -0.425 e. The predicted molar refractivity (Wildman–Crippen MR) is 156 cm³/mol. The van der Waals surface area contributed by atoms with Crippen molar-refractivity contribution in [3.05, 3.63) is 69.7 Å². The van der Waals surface area contributed by atoms with E-state index in [0.29, 0.717) is 21.2 Å². The van der Waals surface area contributed by atoms with E-state index in [1.165, 1.54) is 0 Å². The Morgan fingerprint density at radius 2 is 1.14 bits per heavy atom. The molecule has 2 fully saturated rings. The highest BCUT2D eigenvalue weighted by molar-refractivity contribution is 6.30. The van der Waals surface area contributed by atoms with Crippen LogP contribution in [0.15, 0.2) is 48.5 Å². The molecule has 2 aliphatic heterocycles. The number of carbonyl (C=O) groups is 2. The second-order valence-corrected chi connectivity index (χ2v) is 13.0. The second-order valence-electron chi connectivity index (χ2n) is 12.2. The van der Waals surface area contributed by atoms with Gasteiger partial charge in [0.1, 0.15) is 0 Å². The van der Waals surface area contributed by atoms with Crippen LogP contribution in [0.1, 0.15) is 52.7 Å². The quantitative estimate of drug-likeness (QED) is 0.339. The first-order valence-electron chi connectivity index (χ1n) is 13.7. The Kier molecular flexibility index (Phi) is 9.33. The monoisotopic (exact) mass is 624 g/mol. The van der Waals surface area contributed by atoms with E-state index in [1.54, 1.807) is 62.4 Å². The van der Waals surface area contributed by atoms with Gasteiger partial charge in [-0.1, -0.05) is 47.5 Å². The number of aliphatic hydroxyl groups is 2. The van der Waals surface area contributed by atoms with E-state index in [9.17, 15) is 19.8 Å². The van der Waals surface area contributed by atoms with Crippen molar-refractivity contribution in [2.45, 2.75) is 88.5 Å². The summed E-state index contributed by atoms with van der Waals surface area (Å²) >= 11 is 12.4. The molecule has 42 heavy (non-hydrogen) atoms. The number of hydrogen-bond acceptors (Lipinski definition) is 10. The molecule has 230 valence electrons. The number of morpholine rings is 2. The van der Waals surface area contributed by atoms with E-state index in [1.807, 2.05) is 27.7 Å². The third-order valence-electron chi connectivity index (χ3n) is 7.39. The van der Waals surface area contributed by atoms with E-state index < -0.39 is 58.9 Å². The highest BCUT2D eigenvalue weighted by Gasteiger charge is 2.53. The van der Waals surface area contributed by atoms with Gasteiger partial charge < -0.3 is 39.8 Å². The predicted octanol–water partition coefficient (Wildman–Crippen LogP) is 3.38. The van der Waals surface area contributed by atoms with Crippen molar-refractivity contribution in [3.8, 4) is 0 Å². The molecule has 4 rings (SSSR count). The number of aliphatic hydroxyl groups excluding tert-OH is 2. The van der Waals surface area contributed by atoms with Crippen LogP contribution in [0.4, 0.5) is 0 Å². The van der Waals surface area contributed by atoms with Gasteiger partial charge >= 0.3 is 11.9 Å². The standard InChI is InChI=1S/C30H38Cl2N2O8/c1-17-29(39-15-27(3,4)33-17,19-9-7-11-21(31)13-19)41-25(37)23(35)24(36)26(38)42-30(20-10-8-12-22(32)14-20)18(2)34-28(5,6)16-40-30/h7-14,17-18,23-24,33-36H,15-16H2,1-6H3/t17-,18-,23?,24?,29-,30-/m0/s1. The zero-order chi connectivity index (χ0) is 31.1. The van der Waals surface area contributed by atoms with Gasteiger partial charge in [-0.05, 0) is 65.8 Å². The Labute approximate surface area is 255 Å². The lowest BCUT2D eigenvalue weighted by Gasteiger charge is -2.48. The molecule has 0 bridgehead atoms. The largest absolute Gasteiger partial charge is 0.425 e. The molecule has 0 aromatic heterocycles. The fraction of sp³-hybridized carbons (Fsp3) is 0.533. The summed E-state index contributed by atoms with van der Waals surface area (Å²) in [4.78, 5) is 26.6. The number of hydrogen-bond donors (Lipinski definition) is 4. The molecule has 10 nitrogen and oxygen atoms in total. The Balaban J connectivity index is 1.59. The first kappa shape index (κ1) is 32.6. The maximum atomic E-state index is 13.3. The normalized spacial score (nSPS) is 30.1. The van der Waals surface area contributed by atoms with Gasteiger partial charge in [-0.2, -0.15) is 0 Å². The highest BCUT2D eigenvalue weighted by Crippen LogP contribution is 2.40. The second kappa shape index (κ2) is 12.0. The van der Waals surface area contributed by atoms with Crippen molar-refractivity contribution in [2.24, 2.45) is 0 Å². The van der Waals surface area contributed by atoms with Gasteiger partial charge in [-0.3, -0.25) is 0 Å². The Bertz CT molecular complexity index is 1220. The molecular weight excluding hydrogens is 587 g/mol. The molecule has 0 spiro atoms. The van der Waals surface area contributed by atoms with Crippen molar-refractivity contribution in [1.82, 2.24) is 10.6 Å². The molecule has 2 aliphatic rings. The van der Waals surface area contributed by atoms with Gasteiger partial charge in [0, 0.05) is 32.3 Å². The van der Waals surface area contributed by atoms with E-state index in [2.05, 4.69) is 10.6 Å². The van der Waals surface area contributed by atoms with Gasteiger partial charge in [0.05, 0.1) is 25.3 Å². The van der Waals surface area contributed by atoms with E-state index in [-0.39, 0.29) is 13.2 Å². The van der Waals surface area contributed by atoms with Crippen LogP contribution in [0.2, 0.25) is 10.0 Å². The molecule has 6 atom stereocenters. The minimum absolute atomic E-state index is 0.137. The van der Waals surface area contributed by atoms with Crippen molar-refractivity contribution in [3.63, 3.8) is 0 Å². The highest BCUT2D eigenvalue weighted by atomic mass is 35.5. The maximum absolute atomic E-state index is 13.3. The van der Waals surface area contributed by atoms with E-state index in [4.69, 9.17) is 42.1 Å². The Morgan fingerprint density at radius 3 is 1.45 bits per heavy atom. The zero-order valence-electron chi connectivity index (χ0n) is 24.4. The summed E-state index contributed by atoms with van der Waals surface area (Å²) in [5.74, 6) is -6.05. The van der Waals surface area contributed by atoms with Crippen LogP contribution in [0.3, 0.4) is 0 Å². The average Bonchev–Trinajstić information content (AvgIpc) is 2.90. The molecule has 0 aliphatic carbocycles. The van der Waals surface area contributed by atoms with Gasteiger partial charge in [0.2, 0.25) is 0 Å². The number of rotatable bonds is 7. The van der Waals surface area contributed by atoms with Gasteiger partial charge in [0.25, 0.3) is 11.6 Å². The molecule has 0 amide bonds. The van der Waals surface area contributed by atoms with E-state index >= 15 is 0 Å². The average molecular weight is 626 g/mol. The molecular formula is C30H38Cl2N2O8. The third-order valence-corrected chi connectivity index (χ3v) is 7.86. The summed E-state index contributed by atoms with van der Waals surface area (Å²) in [5.41, 5.74) is -0.101. The van der Waals surface area contributed by atoms with Crippen LogP contribution >= 0.6 is 23.2 Å². The van der Waals surface area contributed by atoms with Crippen molar-refractivity contribution in [1.29, 1.82) is 0 Å². The van der Waals surface area contributed by atoms with E-state index in [0.717, 1.165) is 0 Å². The molecule has 0 saturated carbocycles. The van der Waals surface area contributed by atoms with Crippen LogP contribution < -0.4 is 10.6 Å². The van der Waals surface area contributed by atoms with Crippen LogP contribution in [-0.2, 0) is 40.1 Å². The SMILES string of the molecule is C[C@@H]1NC(C)(C)CO[C@@]1(OC(=O)C(O)C(O)C(=O)O[C@@]1(c2cccc(Cl)c2)OCC(C)(C)N[C@H]1C)c1cccc(Cl)c1. The number of ether oxygens (including phenoxy) is 4. The molecule has 2 unspecified atom stereocenters. The van der Waals surface area contributed by atoms with Crippen molar-refractivity contribution >= 4 is 35.1 Å². The van der Waals surface area contributed by atoms with Crippen LogP contribution in [0.25, 0.3) is 0 Å². The van der Waals surface area contributed by atoms with Gasteiger partial charge in [-0.15, -0.1) is 0 Å².